The molecular weight excluding hydrogens is 292 g/mol. The van der Waals surface area contributed by atoms with Gasteiger partial charge in [0, 0.05) is 11.7 Å². The van der Waals surface area contributed by atoms with Gasteiger partial charge in [-0.2, -0.15) is 0 Å². The summed E-state index contributed by atoms with van der Waals surface area (Å²) in [7, 11) is -2.92. The number of aliphatic hydroxyl groups excluding tert-OH is 1. The first-order valence-electron chi connectivity index (χ1n) is 6.92. The van der Waals surface area contributed by atoms with Crippen LogP contribution in [0.4, 0.5) is 10.5 Å². The molecule has 1 heterocycles. The number of benzene rings is 1. The monoisotopic (exact) mass is 312 g/mol. The fourth-order valence-electron chi connectivity index (χ4n) is 2.23. The third-order valence-corrected chi connectivity index (χ3v) is 5.26. The van der Waals surface area contributed by atoms with Crippen LogP contribution < -0.4 is 10.6 Å². The topological polar surface area (TPSA) is 95.5 Å². The second-order valence-corrected chi connectivity index (χ2v) is 7.63. The second kappa shape index (κ2) is 6.44. The molecule has 2 rings (SSSR count). The Balaban J connectivity index is 1.84. The van der Waals surface area contributed by atoms with Crippen LogP contribution >= 0.6 is 0 Å². The number of anilines is 1. The molecule has 0 bridgehead atoms. The molecule has 1 atom stereocenters. The Morgan fingerprint density at radius 2 is 1.81 bits per heavy atom. The fourth-order valence-corrected chi connectivity index (χ4v) is 3.72. The molecule has 0 aromatic heterocycles. The summed E-state index contributed by atoms with van der Waals surface area (Å²) in [6.07, 6.45) is 0.366. The summed E-state index contributed by atoms with van der Waals surface area (Å²) in [5.41, 5.74) is 1.40. The number of amides is 2. The summed E-state index contributed by atoms with van der Waals surface area (Å²) in [6.45, 7) is 1.67. The lowest BCUT2D eigenvalue weighted by atomic mass is 10.1. The molecule has 1 aliphatic rings. The van der Waals surface area contributed by atoms with Crippen LogP contribution in [0.1, 0.15) is 31.4 Å². The number of hydrogen-bond acceptors (Lipinski definition) is 4. The summed E-state index contributed by atoms with van der Waals surface area (Å²) >= 11 is 0. The molecule has 1 saturated heterocycles. The van der Waals surface area contributed by atoms with Crippen molar-refractivity contribution in [1.82, 2.24) is 5.32 Å². The van der Waals surface area contributed by atoms with Crippen molar-refractivity contribution in [3.05, 3.63) is 29.8 Å². The van der Waals surface area contributed by atoms with Crippen molar-refractivity contribution in [2.75, 3.05) is 16.8 Å². The van der Waals surface area contributed by atoms with Gasteiger partial charge in [0.2, 0.25) is 0 Å². The Labute approximate surface area is 124 Å². The molecule has 21 heavy (non-hydrogen) atoms. The van der Waals surface area contributed by atoms with Crippen LogP contribution in [0, 0.1) is 0 Å². The van der Waals surface area contributed by atoms with Crippen LogP contribution in [-0.2, 0) is 9.84 Å². The largest absolute Gasteiger partial charge is 0.389 e. The fraction of sp³-hybridized carbons (Fsp3) is 0.500. The maximum Gasteiger partial charge on any atom is 0.319 e. The third kappa shape index (κ3) is 4.71. The highest BCUT2D eigenvalue weighted by Gasteiger charge is 2.24. The summed E-state index contributed by atoms with van der Waals surface area (Å²) in [5, 5.41) is 14.9. The normalized spacial score (nSPS) is 19.7. The van der Waals surface area contributed by atoms with Gasteiger partial charge in [-0.3, -0.25) is 0 Å². The molecule has 0 radical (unpaired) electrons. The molecule has 3 N–H and O–H groups in total. The van der Waals surface area contributed by atoms with E-state index in [2.05, 4.69) is 10.6 Å². The Hall–Kier alpha value is -1.60. The van der Waals surface area contributed by atoms with Crippen molar-refractivity contribution in [2.24, 2.45) is 0 Å². The highest BCUT2D eigenvalue weighted by molar-refractivity contribution is 7.91. The van der Waals surface area contributed by atoms with E-state index >= 15 is 0 Å². The first-order valence-corrected chi connectivity index (χ1v) is 8.74. The molecule has 2 amide bonds. The van der Waals surface area contributed by atoms with Gasteiger partial charge in [0.1, 0.15) is 9.84 Å². The van der Waals surface area contributed by atoms with Gasteiger partial charge < -0.3 is 15.7 Å². The summed E-state index contributed by atoms with van der Waals surface area (Å²) in [4.78, 5) is 11.8. The van der Waals surface area contributed by atoms with Crippen LogP contribution in [0.3, 0.4) is 0 Å². The Morgan fingerprint density at radius 1 is 1.24 bits per heavy atom. The zero-order valence-electron chi connectivity index (χ0n) is 11.9. The van der Waals surface area contributed by atoms with Crippen molar-refractivity contribution in [3.8, 4) is 0 Å². The maximum absolute atomic E-state index is 11.8. The van der Waals surface area contributed by atoms with Gasteiger partial charge in [0.15, 0.2) is 0 Å². The number of carbonyl (C=O) groups excluding carboxylic acids is 1. The highest BCUT2D eigenvalue weighted by Crippen LogP contribution is 2.16. The van der Waals surface area contributed by atoms with Crippen molar-refractivity contribution in [2.45, 2.75) is 31.9 Å². The number of urea groups is 1. The molecule has 1 unspecified atom stereocenters. The van der Waals surface area contributed by atoms with Crippen LogP contribution in [0.25, 0.3) is 0 Å². The van der Waals surface area contributed by atoms with Gasteiger partial charge in [-0.15, -0.1) is 0 Å². The predicted molar refractivity (Wildman–Crippen MR) is 80.9 cm³/mol. The molecule has 6 nitrogen and oxygen atoms in total. The van der Waals surface area contributed by atoms with E-state index in [9.17, 15) is 18.3 Å². The quantitative estimate of drug-likeness (QED) is 0.787. The maximum atomic E-state index is 11.8. The zero-order valence-corrected chi connectivity index (χ0v) is 12.7. The second-order valence-electron chi connectivity index (χ2n) is 5.32. The number of carbonyl (C=O) groups is 1. The number of nitrogens with one attached hydrogen (secondary N) is 2. The Kier molecular flexibility index (Phi) is 4.84. The van der Waals surface area contributed by atoms with E-state index < -0.39 is 15.9 Å². The smallest absolute Gasteiger partial charge is 0.319 e. The van der Waals surface area contributed by atoms with E-state index in [0.717, 1.165) is 5.56 Å². The molecule has 7 heteroatoms. The summed E-state index contributed by atoms with van der Waals surface area (Å²) < 4.78 is 22.6. The number of aliphatic hydroxyl groups is 1. The molecular formula is C14H20N2O4S. The first kappa shape index (κ1) is 15.8. The average Bonchev–Trinajstić information content (AvgIpc) is 2.42. The Bertz CT molecular complexity index is 582. The lowest BCUT2D eigenvalue weighted by Gasteiger charge is -2.23. The minimum absolute atomic E-state index is 0.106. The van der Waals surface area contributed by atoms with Gasteiger partial charge in [-0.05, 0) is 37.5 Å². The first-order chi connectivity index (χ1) is 9.85. The number of sulfone groups is 1. The van der Waals surface area contributed by atoms with Crippen LogP contribution in [0.15, 0.2) is 24.3 Å². The SMILES string of the molecule is CC(O)c1ccc(NC(=O)NC2CCS(=O)(=O)CC2)cc1. The number of hydrogen-bond donors (Lipinski definition) is 3. The van der Waals surface area contributed by atoms with E-state index in [1.54, 1.807) is 31.2 Å². The van der Waals surface area contributed by atoms with Crippen molar-refractivity contribution in [1.29, 1.82) is 0 Å². The van der Waals surface area contributed by atoms with E-state index in [4.69, 9.17) is 0 Å². The van der Waals surface area contributed by atoms with Gasteiger partial charge in [0.25, 0.3) is 0 Å². The predicted octanol–water partition coefficient (Wildman–Crippen LogP) is 1.44. The molecule has 0 spiro atoms. The lowest BCUT2D eigenvalue weighted by molar-refractivity contribution is 0.199. The van der Waals surface area contributed by atoms with Gasteiger partial charge in [-0.25, -0.2) is 13.2 Å². The van der Waals surface area contributed by atoms with Crippen molar-refractivity contribution in [3.63, 3.8) is 0 Å². The molecule has 1 aromatic carbocycles. The van der Waals surface area contributed by atoms with Crippen LogP contribution in [0.2, 0.25) is 0 Å². The standard InChI is InChI=1S/C14H20N2O4S/c1-10(17)11-2-4-12(5-3-11)15-14(18)16-13-6-8-21(19,20)9-7-13/h2-5,10,13,17H,6-9H2,1H3,(H2,15,16,18). The molecule has 1 aromatic rings. The number of rotatable bonds is 3. The van der Waals surface area contributed by atoms with Gasteiger partial charge >= 0.3 is 6.03 Å². The molecule has 1 fully saturated rings. The molecule has 0 aliphatic carbocycles. The van der Waals surface area contributed by atoms with E-state index in [1.165, 1.54) is 0 Å². The van der Waals surface area contributed by atoms with E-state index in [1.807, 2.05) is 0 Å². The van der Waals surface area contributed by atoms with Gasteiger partial charge in [0.05, 0.1) is 17.6 Å². The van der Waals surface area contributed by atoms with Crippen LogP contribution in [-0.4, -0.2) is 37.1 Å². The molecule has 116 valence electrons. The molecule has 0 saturated carbocycles. The van der Waals surface area contributed by atoms with E-state index in [-0.39, 0.29) is 23.6 Å². The zero-order chi connectivity index (χ0) is 15.5. The third-order valence-electron chi connectivity index (χ3n) is 3.54. The van der Waals surface area contributed by atoms with Crippen LogP contribution in [0.5, 0.6) is 0 Å². The lowest BCUT2D eigenvalue weighted by Crippen LogP contribution is -2.42. The Morgan fingerprint density at radius 3 is 2.33 bits per heavy atom. The minimum Gasteiger partial charge on any atom is -0.389 e. The summed E-state index contributed by atoms with van der Waals surface area (Å²) in [5.74, 6) is 0.252. The highest BCUT2D eigenvalue weighted by atomic mass is 32.2. The van der Waals surface area contributed by atoms with Crippen molar-refractivity contribution < 1.29 is 18.3 Å². The molecule has 1 aliphatic heterocycles. The average molecular weight is 312 g/mol. The van der Waals surface area contributed by atoms with Gasteiger partial charge in [-0.1, -0.05) is 12.1 Å². The van der Waals surface area contributed by atoms with E-state index in [0.29, 0.717) is 18.5 Å². The minimum atomic E-state index is -2.92. The summed E-state index contributed by atoms with van der Waals surface area (Å²) in [6, 6.07) is 6.47. The van der Waals surface area contributed by atoms with Crippen molar-refractivity contribution >= 4 is 21.6 Å².